The summed E-state index contributed by atoms with van der Waals surface area (Å²) in [7, 11) is 2.04. The van der Waals surface area contributed by atoms with Gasteiger partial charge in [-0.2, -0.15) is 13.2 Å². The number of rotatable bonds is 4. The number of likely N-dealkylation sites (tertiary alicyclic amines) is 1. The summed E-state index contributed by atoms with van der Waals surface area (Å²) in [6, 6.07) is 7.41. The number of carbonyl (C=O) groups excluding carboxylic acids is 2. The summed E-state index contributed by atoms with van der Waals surface area (Å²) in [5, 5.41) is 11.0. The number of phenolic OH excluding ortho intramolecular Hbond substituents is 1. The SMILES string of the molecule is CC(=O)O[C@@]12CC[C@@H](N(CC(C)C)C(=O)C#Cc3ccc(C(F)(F)F)cc3)[C@@H]3Oc4c(O)ccc5c4[C@@]31CCN(C)[C@@H]2C5. The van der Waals surface area contributed by atoms with Gasteiger partial charge in [0, 0.05) is 30.5 Å². The maximum absolute atomic E-state index is 13.8. The average molecular weight is 597 g/mol. The topological polar surface area (TPSA) is 79.3 Å². The molecule has 2 aliphatic heterocycles. The fraction of sp³-hybridized carbons (Fsp3) is 0.515. The van der Waals surface area contributed by atoms with Gasteiger partial charge in [0.2, 0.25) is 0 Å². The van der Waals surface area contributed by atoms with E-state index in [0.29, 0.717) is 43.5 Å². The monoisotopic (exact) mass is 596 g/mol. The molecule has 6 rings (SSSR count). The molecule has 2 aromatic rings. The summed E-state index contributed by atoms with van der Waals surface area (Å²) in [5.41, 5.74) is -0.256. The van der Waals surface area contributed by atoms with Crippen molar-refractivity contribution in [2.24, 2.45) is 5.92 Å². The quantitative estimate of drug-likeness (QED) is 0.409. The van der Waals surface area contributed by atoms with Crippen LogP contribution in [-0.4, -0.2) is 70.7 Å². The van der Waals surface area contributed by atoms with Gasteiger partial charge in [-0.1, -0.05) is 25.8 Å². The van der Waals surface area contributed by atoms with Gasteiger partial charge in [-0.25, -0.2) is 0 Å². The normalized spacial score (nSPS) is 28.8. The zero-order valence-corrected chi connectivity index (χ0v) is 24.6. The van der Waals surface area contributed by atoms with E-state index in [4.69, 9.17) is 9.47 Å². The van der Waals surface area contributed by atoms with E-state index in [1.807, 2.05) is 27.0 Å². The van der Waals surface area contributed by atoms with Crippen LogP contribution in [0.3, 0.4) is 0 Å². The van der Waals surface area contributed by atoms with E-state index in [2.05, 4.69) is 16.7 Å². The number of halogens is 3. The molecule has 0 unspecified atom stereocenters. The Morgan fingerprint density at radius 2 is 1.91 bits per heavy atom. The van der Waals surface area contributed by atoms with Crippen LogP contribution in [0.15, 0.2) is 36.4 Å². The van der Waals surface area contributed by atoms with Crippen molar-refractivity contribution in [3.05, 3.63) is 58.7 Å². The van der Waals surface area contributed by atoms with E-state index in [-0.39, 0.29) is 23.7 Å². The summed E-state index contributed by atoms with van der Waals surface area (Å²) in [4.78, 5) is 30.5. The standard InChI is InChI=1S/C33H35F3N2O5/c1-19(2)18-38(27(41)12-7-21-5-9-23(10-6-21)33(34,35)36)24-13-14-32(43-20(3)39)26-17-22-8-11-25(40)29-28(22)31(32,30(24)42-29)15-16-37(26)4/h5-6,8-11,19,24,26,30,40H,13-18H2,1-4H3/t24-,26-,30+,31+,32-/m1/s1. The van der Waals surface area contributed by atoms with Gasteiger partial charge >= 0.3 is 12.1 Å². The molecule has 2 aromatic carbocycles. The lowest BCUT2D eigenvalue weighted by atomic mass is 9.48. The van der Waals surface area contributed by atoms with E-state index in [1.165, 1.54) is 19.1 Å². The highest BCUT2D eigenvalue weighted by molar-refractivity contribution is 5.94. The minimum atomic E-state index is -4.46. The highest BCUT2D eigenvalue weighted by Gasteiger charge is 2.75. The summed E-state index contributed by atoms with van der Waals surface area (Å²) in [6.45, 7) is 6.51. The highest BCUT2D eigenvalue weighted by Crippen LogP contribution is 2.67. The molecule has 1 spiro atoms. The van der Waals surface area contributed by atoms with E-state index in [0.717, 1.165) is 29.8 Å². The number of hydrogen-bond acceptors (Lipinski definition) is 6. The lowest BCUT2D eigenvalue weighted by Crippen LogP contribution is -2.79. The van der Waals surface area contributed by atoms with Crippen LogP contribution in [0, 0.1) is 17.8 Å². The van der Waals surface area contributed by atoms with Crippen molar-refractivity contribution in [3.8, 4) is 23.3 Å². The van der Waals surface area contributed by atoms with Gasteiger partial charge in [0.15, 0.2) is 11.5 Å². The average Bonchev–Trinajstić information content (AvgIpc) is 3.29. The third kappa shape index (κ3) is 4.46. The zero-order chi connectivity index (χ0) is 30.9. The molecule has 0 radical (unpaired) electrons. The summed E-state index contributed by atoms with van der Waals surface area (Å²) in [6.07, 6.45) is -2.84. The minimum absolute atomic E-state index is 0.0132. The largest absolute Gasteiger partial charge is 0.504 e. The first-order chi connectivity index (χ1) is 20.3. The van der Waals surface area contributed by atoms with Crippen LogP contribution in [0.4, 0.5) is 13.2 Å². The van der Waals surface area contributed by atoms with Crippen LogP contribution in [0.5, 0.6) is 11.5 Å². The molecule has 1 N–H and O–H groups in total. The van der Waals surface area contributed by atoms with E-state index < -0.39 is 40.8 Å². The molecule has 1 amide bonds. The third-order valence-electron chi connectivity index (χ3n) is 9.73. The molecular formula is C33H35F3N2O5. The second-order valence-corrected chi connectivity index (χ2v) is 12.7. The molecular weight excluding hydrogens is 561 g/mol. The fourth-order valence-electron chi connectivity index (χ4n) is 8.18. The lowest BCUT2D eigenvalue weighted by molar-refractivity contribution is -0.221. The first-order valence-corrected chi connectivity index (χ1v) is 14.7. The first kappa shape index (κ1) is 29.4. The van der Waals surface area contributed by atoms with Gasteiger partial charge < -0.3 is 19.5 Å². The Morgan fingerprint density at radius 1 is 1.19 bits per heavy atom. The van der Waals surface area contributed by atoms with Crippen molar-refractivity contribution in [1.29, 1.82) is 0 Å². The molecule has 1 saturated heterocycles. The number of piperidine rings is 1. The second-order valence-electron chi connectivity index (χ2n) is 12.7. The number of likely N-dealkylation sites (N-methyl/N-ethyl adjacent to an activating group) is 1. The maximum atomic E-state index is 13.8. The fourth-order valence-corrected chi connectivity index (χ4v) is 8.18. The molecule has 2 heterocycles. The summed E-state index contributed by atoms with van der Waals surface area (Å²) >= 11 is 0. The molecule has 2 aliphatic carbocycles. The number of esters is 1. The number of phenols is 1. The van der Waals surface area contributed by atoms with Gasteiger partial charge in [0.1, 0.15) is 11.7 Å². The van der Waals surface area contributed by atoms with E-state index in [1.54, 1.807) is 11.0 Å². The van der Waals surface area contributed by atoms with Crippen LogP contribution < -0.4 is 4.74 Å². The Kier molecular flexibility index (Phi) is 6.96. The van der Waals surface area contributed by atoms with Crippen LogP contribution in [0.25, 0.3) is 0 Å². The molecule has 7 nitrogen and oxygen atoms in total. The van der Waals surface area contributed by atoms with E-state index in [9.17, 15) is 27.9 Å². The lowest BCUT2D eigenvalue weighted by Gasteiger charge is -2.65. The van der Waals surface area contributed by atoms with Crippen molar-refractivity contribution >= 4 is 11.9 Å². The first-order valence-electron chi connectivity index (χ1n) is 14.7. The Labute approximate surface area is 248 Å². The third-order valence-corrected chi connectivity index (χ3v) is 9.73. The summed E-state index contributed by atoms with van der Waals surface area (Å²) < 4.78 is 52.1. The predicted octanol–water partition coefficient (Wildman–Crippen LogP) is 4.67. The molecule has 4 aliphatic rings. The number of amides is 1. The smallest absolute Gasteiger partial charge is 0.416 e. The Morgan fingerprint density at radius 3 is 2.56 bits per heavy atom. The Hall–Kier alpha value is -3.71. The maximum Gasteiger partial charge on any atom is 0.416 e. The van der Waals surface area contributed by atoms with Crippen LogP contribution >= 0.6 is 0 Å². The van der Waals surface area contributed by atoms with Gasteiger partial charge in [-0.15, -0.1) is 0 Å². The number of nitrogens with zero attached hydrogens (tertiary/aromatic N) is 2. The van der Waals surface area contributed by atoms with Crippen molar-refractivity contribution in [1.82, 2.24) is 9.80 Å². The van der Waals surface area contributed by atoms with Crippen LogP contribution in [0.2, 0.25) is 0 Å². The Balaban J connectivity index is 1.42. The molecule has 0 aromatic heterocycles. The number of aromatic hydroxyl groups is 1. The molecule has 10 heteroatoms. The molecule has 5 atom stereocenters. The van der Waals surface area contributed by atoms with Crippen molar-refractivity contribution in [3.63, 3.8) is 0 Å². The summed E-state index contributed by atoms with van der Waals surface area (Å²) in [5.74, 6) is 5.06. The van der Waals surface area contributed by atoms with Crippen LogP contribution in [0.1, 0.15) is 62.3 Å². The van der Waals surface area contributed by atoms with Gasteiger partial charge in [-0.3, -0.25) is 14.5 Å². The molecule has 43 heavy (non-hydrogen) atoms. The number of ether oxygens (including phenoxy) is 2. The van der Waals surface area contributed by atoms with Crippen molar-refractivity contribution in [2.75, 3.05) is 20.1 Å². The minimum Gasteiger partial charge on any atom is -0.504 e. The number of benzene rings is 2. The number of carbonyl (C=O) groups is 2. The highest BCUT2D eigenvalue weighted by atomic mass is 19.4. The Bertz CT molecular complexity index is 1530. The van der Waals surface area contributed by atoms with Gasteiger partial charge in [0.25, 0.3) is 5.91 Å². The van der Waals surface area contributed by atoms with Crippen molar-refractivity contribution in [2.45, 2.75) is 81.8 Å². The molecule has 1 saturated carbocycles. The predicted molar refractivity (Wildman–Crippen MR) is 151 cm³/mol. The van der Waals surface area contributed by atoms with Gasteiger partial charge in [0.05, 0.1) is 23.1 Å². The number of alkyl halides is 3. The molecule has 2 bridgehead atoms. The zero-order valence-electron chi connectivity index (χ0n) is 24.6. The number of hydrogen-bond donors (Lipinski definition) is 1. The van der Waals surface area contributed by atoms with Gasteiger partial charge in [-0.05, 0) is 81.1 Å². The molecule has 2 fully saturated rings. The van der Waals surface area contributed by atoms with Crippen LogP contribution in [-0.2, 0) is 32.3 Å². The second kappa shape index (κ2) is 10.2. The van der Waals surface area contributed by atoms with E-state index >= 15 is 0 Å². The van der Waals surface area contributed by atoms with Crippen molar-refractivity contribution < 1.29 is 37.3 Å². The molecule has 228 valence electrons.